The zero-order chi connectivity index (χ0) is 18.4. The molecule has 0 bridgehead atoms. The molecule has 4 aromatic heterocycles. The van der Waals surface area contributed by atoms with E-state index in [1.54, 1.807) is 16.8 Å². The quantitative estimate of drug-likeness (QED) is 0.565. The SMILES string of the molecule is N[C@H]1CC[C@H](Nc2ncc3c(-c4cnc5ncc(Cl)n5c4)ccn3n2)CC1. The van der Waals surface area contributed by atoms with E-state index >= 15 is 0 Å². The van der Waals surface area contributed by atoms with Crippen molar-refractivity contribution in [2.75, 3.05) is 5.32 Å². The Morgan fingerprint density at radius 2 is 1.89 bits per heavy atom. The molecule has 138 valence electrons. The third-order valence-corrected chi connectivity index (χ3v) is 5.43. The molecule has 1 fully saturated rings. The van der Waals surface area contributed by atoms with Crippen LogP contribution in [0, 0.1) is 0 Å². The standard InChI is InChI=1S/C18H19ClN8/c19-16-9-23-18-22-7-11(10-26(16)18)14-5-6-27-15(14)8-21-17(25-27)24-13-3-1-12(20)2-4-13/h5-10,12-13H,1-4,20H2,(H,24,25)/t12-,13-. The smallest absolute Gasteiger partial charge is 0.241 e. The fraction of sp³-hybridized carbons (Fsp3) is 0.333. The van der Waals surface area contributed by atoms with E-state index in [9.17, 15) is 0 Å². The van der Waals surface area contributed by atoms with Crippen molar-refractivity contribution in [3.05, 3.63) is 42.2 Å². The second-order valence-corrected chi connectivity index (χ2v) is 7.38. The van der Waals surface area contributed by atoms with Gasteiger partial charge in [-0.15, -0.1) is 5.10 Å². The van der Waals surface area contributed by atoms with E-state index in [0.29, 0.717) is 29.0 Å². The van der Waals surface area contributed by atoms with Gasteiger partial charge in [0.15, 0.2) is 0 Å². The van der Waals surface area contributed by atoms with Gasteiger partial charge in [0.05, 0.1) is 17.9 Å². The Hall–Kier alpha value is -2.71. The van der Waals surface area contributed by atoms with Gasteiger partial charge in [-0.2, -0.15) is 0 Å². The molecule has 0 saturated heterocycles. The number of imidazole rings is 1. The van der Waals surface area contributed by atoms with Crippen LogP contribution in [-0.2, 0) is 0 Å². The summed E-state index contributed by atoms with van der Waals surface area (Å²) in [6, 6.07) is 2.71. The number of aromatic nitrogens is 6. The van der Waals surface area contributed by atoms with Gasteiger partial charge in [0.2, 0.25) is 11.7 Å². The third kappa shape index (κ3) is 3.00. The van der Waals surface area contributed by atoms with Crippen LogP contribution < -0.4 is 11.1 Å². The molecule has 5 rings (SSSR count). The Bertz CT molecular complexity index is 1110. The average molecular weight is 383 g/mol. The molecule has 0 atom stereocenters. The Labute approximate surface area is 160 Å². The minimum Gasteiger partial charge on any atom is -0.350 e. The lowest BCUT2D eigenvalue weighted by molar-refractivity contribution is 0.409. The average Bonchev–Trinajstić information content (AvgIpc) is 3.27. The van der Waals surface area contributed by atoms with Crippen LogP contribution in [0.15, 0.2) is 37.1 Å². The maximum absolute atomic E-state index is 6.16. The van der Waals surface area contributed by atoms with E-state index in [-0.39, 0.29) is 0 Å². The predicted molar refractivity (Wildman–Crippen MR) is 104 cm³/mol. The molecule has 0 aromatic carbocycles. The molecule has 27 heavy (non-hydrogen) atoms. The van der Waals surface area contributed by atoms with E-state index in [2.05, 4.69) is 25.4 Å². The van der Waals surface area contributed by atoms with E-state index < -0.39 is 0 Å². The maximum Gasteiger partial charge on any atom is 0.241 e. The van der Waals surface area contributed by atoms with Gasteiger partial charge in [-0.3, -0.25) is 4.40 Å². The molecular weight excluding hydrogens is 364 g/mol. The van der Waals surface area contributed by atoms with Crippen molar-refractivity contribution >= 4 is 28.8 Å². The largest absolute Gasteiger partial charge is 0.350 e. The molecule has 0 radical (unpaired) electrons. The molecule has 0 spiro atoms. The Kier molecular flexibility index (Phi) is 3.95. The number of rotatable bonds is 3. The highest BCUT2D eigenvalue weighted by atomic mass is 35.5. The highest BCUT2D eigenvalue weighted by Gasteiger charge is 2.19. The van der Waals surface area contributed by atoms with Gasteiger partial charge in [-0.05, 0) is 31.7 Å². The third-order valence-electron chi connectivity index (χ3n) is 5.15. The summed E-state index contributed by atoms with van der Waals surface area (Å²) in [5, 5.41) is 8.56. The summed E-state index contributed by atoms with van der Waals surface area (Å²) >= 11 is 6.16. The minimum atomic E-state index is 0.327. The number of fused-ring (bicyclic) bond motifs is 2. The van der Waals surface area contributed by atoms with Gasteiger partial charge in [-0.1, -0.05) is 11.6 Å². The molecule has 0 amide bonds. The molecule has 1 aliphatic rings. The van der Waals surface area contributed by atoms with Gasteiger partial charge in [0, 0.05) is 41.8 Å². The maximum atomic E-state index is 6.16. The number of nitrogens with zero attached hydrogens (tertiary/aromatic N) is 6. The molecule has 0 unspecified atom stereocenters. The van der Waals surface area contributed by atoms with Crippen LogP contribution in [0.4, 0.5) is 5.95 Å². The van der Waals surface area contributed by atoms with Crippen LogP contribution >= 0.6 is 11.6 Å². The van der Waals surface area contributed by atoms with Gasteiger partial charge >= 0.3 is 0 Å². The Morgan fingerprint density at radius 1 is 1.07 bits per heavy atom. The Balaban J connectivity index is 1.45. The first-order valence-corrected chi connectivity index (χ1v) is 9.40. The molecular formula is C18H19ClN8. The van der Waals surface area contributed by atoms with Crippen LogP contribution in [-0.4, -0.2) is 41.1 Å². The topological polar surface area (TPSA) is 98.4 Å². The predicted octanol–water partition coefficient (Wildman–Crippen LogP) is 2.77. The fourth-order valence-electron chi connectivity index (χ4n) is 3.64. The summed E-state index contributed by atoms with van der Waals surface area (Å²) in [6.45, 7) is 0. The molecule has 0 aliphatic heterocycles. The van der Waals surface area contributed by atoms with Crippen molar-refractivity contribution in [1.82, 2.24) is 29.0 Å². The van der Waals surface area contributed by atoms with Gasteiger partial charge in [-0.25, -0.2) is 19.5 Å². The number of halogens is 1. The van der Waals surface area contributed by atoms with Crippen molar-refractivity contribution in [3.63, 3.8) is 0 Å². The summed E-state index contributed by atoms with van der Waals surface area (Å²) in [5.41, 5.74) is 8.80. The van der Waals surface area contributed by atoms with Crippen LogP contribution in [0.25, 0.3) is 22.4 Å². The summed E-state index contributed by atoms with van der Waals surface area (Å²) in [5.74, 6) is 1.21. The first-order valence-electron chi connectivity index (χ1n) is 9.03. The van der Waals surface area contributed by atoms with Crippen molar-refractivity contribution in [3.8, 4) is 11.1 Å². The van der Waals surface area contributed by atoms with Gasteiger partial charge in [0.25, 0.3) is 0 Å². The molecule has 4 aromatic rings. The van der Waals surface area contributed by atoms with Crippen LogP contribution in [0.1, 0.15) is 25.7 Å². The van der Waals surface area contributed by atoms with Crippen LogP contribution in [0.2, 0.25) is 5.15 Å². The Morgan fingerprint density at radius 3 is 2.74 bits per heavy atom. The molecule has 3 N–H and O–H groups in total. The fourth-order valence-corrected chi connectivity index (χ4v) is 3.81. The van der Waals surface area contributed by atoms with Crippen molar-refractivity contribution < 1.29 is 0 Å². The van der Waals surface area contributed by atoms with Crippen LogP contribution in [0.5, 0.6) is 0 Å². The summed E-state index contributed by atoms with van der Waals surface area (Å²) in [4.78, 5) is 13.0. The monoisotopic (exact) mass is 382 g/mol. The van der Waals surface area contributed by atoms with E-state index in [4.69, 9.17) is 17.3 Å². The number of hydrogen-bond acceptors (Lipinski definition) is 6. The first kappa shape index (κ1) is 16.5. The summed E-state index contributed by atoms with van der Waals surface area (Å²) in [7, 11) is 0. The van der Waals surface area contributed by atoms with E-state index in [1.807, 2.05) is 29.2 Å². The van der Waals surface area contributed by atoms with E-state index in [1.165, 1.54) is 0 Å². The van der Waals surface area contributed by atoms with Crippen molar-refractivity contribution in [1.29, 1.82) is 0 Å². The second kappa shape index (κ2) is 6.47. The lowest BCUT2D eigenvalue weighted by atomic mass is 9.92. The molecule has 1 saturated carbocycles. The molecule has 4 heterocycles. The number of nitrogens with two attached hydrogens (primary N) is 1. The molecule has 9 heteroatoms. The zero-order valence-corrected chi connectivity index (χ0v) is 15.3. The summed E-state index contributed by atoms with van der Waals surface area (Å²) in [6.07, 6.45) is 13.2. The molecule has 8 nitrogen and oxygen atoms in total. The second-order valence-electron chi connectivity index (χ2n) is 6.99. The lowest BCUT2D eigenvalue weighted by Gasteiger charge is -2.26. The van der Waals surface area contributed by atoms with Gasteiger partial charge in [0.1, 0.15) is 5.15 Å². The number of nitrogens with one attached hydrogen (secondary N) is 1. The van der Waals surface area contributed by atoms with E-state index in [0.717, 1.165) is 42.3 Å². The summed E-state index contributed by atoms with van der Waals surface area (Å²) < 4.78 is 3.59. The number of hydrogen-bond donors (Lipinski definition) is 2. The van der Waals surface area contributed by atoms with Crippen molar-refractivity contribution in [2.45, 2.75) is 37.8 Å². The normalized spacial score (nSPS) is 20.4. The highest BCUT2D eigenvalue weighted by Crippen LogP contribution is 2.26. The number of anilines is 1. The zero-order valence-electron chi connectivity index (χ0n) is 14.6. The minimum absolute atomic E-state index is 0.327. The molecule has 1 aliphatic carbocycles. The van der Waals surface area contributed by atoms with Crippen molar-refractivity contribution in [2.24, 2.45) is 5.73 Å². The van der Waals surface area contributed by atoms with Crippen LogP contribution in [0.3, 0.4) is 0 Å². The highest BCUT2D eigenvalue weighted by molar-refractivity contribution is 6.29. The lowest BCUT2D eigenvalue weighted by Crippen LogP contribution is -2.33. The first-order chi connectivity index (χ1) is 13.2. The van der Waals surface area contributed by atoms with Gasteiger partial charge < -0.3 is 11.1 Å².